The van der Waals surface area contributed by atoms with Crippen LogP contribution in [-0.2, 0) is 0 Å². The van der Waals surface area contributed by atoms with E-state index in [0.717, 1.165) is 0 Å². The van der Waals surface area contributed by atoms with Gasteiger partial charge in [0.1, 0.15) is 0 Å². The second kappa shape index (κ2) is 0.956. The third kappa shape index (κ3) is 0.437. The molecule has 1 saturated carbocycles. The Bertz CT molecular complexity index is 78.9. The van der Waals surface area contributed by atoms with Crippen molar-refractivity contribution < 1.29 is 13.2 Å². The Kier molecular flexibility index (Phi) is 0.674. The molecule has 1 aliphatic carbocycles. The van der Waals surface area contributed by atoms with Crippen LogP contribution in [0, 0.1) is 12.8 Å². The average Bonchev–Trinajstić information content (AvgIpc) is 1.91. The molecule has 0 aromatic rings. The van der Waals surface area contributed by atoms with Gasteiger partial charge in [-0.1, -0.05) is 0 Å². The first-order valence-corrected chi connectivity index (χ1v) is 1.92. The van der Waals surface area contributed by atoms with Gasteiger partial charge in [-0.3, -0.25) is 0 Å². The highest BCUT2D eigenvalue weighted by molar-refractivity contribution is 5.07. The number of alkyl halides is 3. The van der Waals surface area contributed by atoms with Crippen molar-refractivity contribution in [3.8, 4) is 0 Å². The van der Waals surface area contributed by atoms with Crippen molar-refractivity contribution >= 4 is 0 Å². The molecule has 0 N–H and O–H groups in total. The van der Waals surface area contributed by atoms with Gasteiger partial charge in [0, 0.05) is 0 Å². The van der Waals surface area contributed by atoms with E-state index in [0.29, 0.717) is 0 Å². The predicted molar refractivity (Wildman–Crippen MR) is 18.7 cm³/mol. The van der Waals surface area contributed by atoms with Crippen LogP contribution < -0.4 is 0 Å². The lowest BCUT2D eigenvalue weighted by molar-refractivity contribution is 0.0799. The van der Waals surface area contributed by atoms with E-state index in [2.05, 4.69) is 6.92 Å². The molecule has 3 heteroatoms. The van der Waals surface area contributed by atoms with E-state index in [1.807, 2.05) is 0 Å². The Morgan fingerprint density at radius 3 is 1.57 bits per heavy atom. The number of hydrogen-bond acceptors (Lipinski definition) is 0. The predicted octanol–water partition coefficient (Wildman–Crippen LogP) is 1.42. The Labute approximate surface area is 39.3 Å². The fourth-order valence-corrected chi connectivity index (χ4v) is 0.349. The molecule has 0 saturated heterocycles. The average molecular weight is 109 g/mol. The van der Waals surface area contributed by atoms with Crippen LogP contribution >= 0.6 is 0 Å². The van der Waals surface area contributed by atoms with Crippen molar-refractivity contribution in [3.63, 3.8) is 0 Å². The maximum Gasteiger partial charge on any atom is 0.284 e. The van der Waals surface area contributed by atoms with E-state index in [4.69, 9.17) is 0 Å². The highest BCUT2D eigenvalue weighted by Crippen LogP contribution is 2.50. The molecular formula is C4H4F3. The second-order valence-corrected chi connectivity index (χ2v) is 1.68. The smallest absolute Gasteiger partial charge is 0.240 e. The van der Waals surface area contributed by atoms with E-state index in [1.54, 1.807) is 0 Å². The van der Waals surface area contributed by atoms with Gasteiger partial charge in [0.25, 0.3) is 5.92 Å². The van der Waals surface area contributed by atoms with Crippen molar-refractivity contribution in [3.05, 3.63) is 6.92 Å². The molecule has 7 heavy (non-hydrogen) atoms. The number of hydrogen-bond donors (Lipinski definition) is 0. The lowest BCUT2D eigenvalue weighted by Crippen LogP contribution is -1.92. The second-order valence-electron chi connectivity index (χ2n) is 1.68. The first kappa shape index (κ1) is 4.94. The number of rotatable bonds is 0. The summed E-state index contributed by atoms with van der Waals surface area (Å²) in [5.41, 5.74) is 0. The van der Waals surface area contributed by atoms with Crippen molar-refractivity contribution in [1.82, 2.24) is 0 Å². The summed E-state index contributed by atoms with van der Waals surface area (Å²) < 4.78 is 34.4. The topological polar surface area (TPSA) is 0 Å². The third-order valence-corrected chi connectivity index (χ3v) is 1.11. The lowest BCUT2D eigenvalue weighted by atomic mass is 10.5. The van der Waals surface area contributed by atoms with Crippen LogP contribution in [0.15, 0.2) is 0 Å². The van der Waals surface area contributed by atoms with E-state index in [-0.39, 0.29) is 0 Å². The molecule has 0 bridgehead atoms. The molecule has 2 atom stereocenters. The molecule has 0 heterocycles. The summed E-state index contributed by atoms with van der Waals surface area (Å²) >= 11 is 0. The van der Waals surface area contributed by atoms with E-state index >= 15 is 0 Å². The molecule has 2 unspecified atom stereocenters. The fraction of sp³-hybridized carbons (Fsp3) is 0.750. The largest absolute Gasteiger partial charge is 0.284 e. The third-order valence-electron chi connectivity index (χ3n) is 1.11. The molecule has 1 radical (unpaired) electrons. The molecule has 41 valence electrons. The van der Waals surface area contributed by atoms with Gasteiger partial charge in [-0.05, 0) is 6.92 Å². The normalized spacial score (nSPS) is 46.3. The molecule has 1 aliphatic rings. The van der Waals surface area contributed by atoms with Crippen molar-refractivity contribution in [2.24, 2.45) is 5.92 Å². The molecule has 0 aromatic carbocycles. The molecule has 1 rings (SSSR count). The van der Waals surface area contributed by atoms with Crippen molar-refractivity contribution in [2.45, 2.75) is 12.1 Å². The highest BCUT2D eigenvalue weighted by Gasteiger charge is 2.67. The van der Waals surface area contributed by atoms with Crippen LogP contribution in [0.3, 0.4) is 0 Å². The van der Waals surface area contributed by atoms with Gasteiger partial charge in [-0.2, -0.15) is 0 Å². The van der Waals surface area contributed by atoms with E-state index in [1.165, 1.54) is 0 Å². The molecular weight excluding hydrogens is 105 g/mol. The minimum Gasteiger partial charge on any atom is -0.240 e. The van der Waals surface area contributed by atoms with Crippen LogP contribution in [0.25, 0.3) is 0 Å². The van der Waals surface area contributed by atoms with Gasteiger partial charge in [0.15, 0.2) is 6.17 Å². The lowest BCUT2D eigenvalue weighted by Gasteiger charge is -1.81. The summed E-state index contributed by atoms with van der Waals surface area (Å²) in [5, 5.41) is 0. The summed E-state index contributed by atoms with van der Waals surface area (Å²) in [4.78, 5) is 0. The quantitative estimate of drug-likeness (QED) is 0.441. The molecule has 0 aromatic heterocycles. The van der Waals surface area contributed by atoms with Crippen LogP contribution in [-0.4, -0.2) is 12.1 Å². The summed E-state index contributed by atoms with van der Waals surface area (Å²) in [7, 11) is 0. The summed E-state index contributed by atoms with van der Waals surface area (Å²) in [6.07, 6.45) is -1.98. The van der Waals surface area contributed by atoms with Gasteiger partial charge in [-0.25, -0.2) is 13.2 Å². The first-order valence-electron chi connectivity index (χ1n) is 1.92. The zero-order chi connectivity index (χ0) is 5.65. The van der Waals surface area contributed by atoms with Crippen LogP contribution in [0.2, 0.25) is 0 Å². The minimum absolute atomic E-state index is 1.28. The Morgan fingerprint density at radius 2 is 1.57 bits per heavy atom. The zero-order valence-corrected chi connectivity index (χ0v) is 3.50. The van der Waals surface area contributed by atoms with Gasteiger partial charge in [0.05, 0.1) is 5.92 Å². The SMILES string of the molecule is [CH2]C1C(F)C1(F)F. The summed E-state index contributed by atoms with van der Waals surface area (Å²) in [6.45, 7) is 2.86. The van der Waals surface area contributed by atoms with Crippen LogP contribution in [0.1, 0.15) is 0 Å². The van der Waals surface area contributed by atoms with Crippen molar-refractivity contribution in [1.29, 1.82) is 0 Å². The van der Waals surface area contributed by atoms with Gasteiger partial charge in [0.2, 0.25) is 0 Å². The zero-order valence-electron chi connectivity index (χ0n) is 3.50. The van der Waals surface area contributed by atoms with E-state index in [9.17, 15) is 13.2 Å². The molecule has 0 amide bonds. The molecule has 1 fully saturated rings. The Balaban J connectivity index is 2.52. The van der Waals surface area contributed by atoms with Gasteiger partial charge >= 0.3 is 0 Å². The summed E-state index contributed by atoms with van der Waals surface area (Å²) in [6, 6.07) is 0. The fourth-order valence-electron chi connectivity index (χ4n) is 0.349. The van der Waals surface area contributed by atoms with Gasteiger partial charge < -0.3 is 0 Å². The molecule has 0 spiro atoms. The molecule has 0 aliphatic heterocycles. The highest BCUT2D eigenvalue weighted by atomic mass is 19.3. The maximum atomic E-state index is 11.5. The van der Waals surface area contributed by atoms with Crippen LogP contribution in [0.4, 0.5) is 13.2 Å². The first-order chi connectivity index (χ1) is 3.07. The standard InChI is InChI=1S/C4H4F3/c1-2-3(5)4(2,6)7/h2-3H,1H2. The maximum absolute atomic E-state index is 11.5. The molecule has 0 nitrogen and oxygen atoms in total. The minimum atomic E-state index is -3.11. The van der Waals surface area contributed by atoms with Gasteiger partial charge in [-0.15, -0.1) is 0 Å². The van der Waals surface area contributed by atoms with E-state index < -0.39 is 18.0 Å². The van der Waals surface area contributed by atoms with Crippen LogP contribution in [0.5, 0.6) is 0 Å². The Morgan fingerprint density at radius 1 is 1.43 bits per heavy atom. The number of halogens is 3. The summed E-state index contributed by atoms with van der Waals surface area (Å²) in [5.74, 6) is -4.40. The Hall–Kier alpha value is -0.210. The van der Waals surface area contributed by atoms with Crippen molar-refractivity contribution in [2.75, 3.05) is 0 Å². The monoisotopic (exact) mass is 109 g/mol.